The molecule has 17 nitrogen and oxygen atoms in total. The van der Waals surface area contributed by atoms with Gasteiger partial charge in [-0.2, -0.15) is 52.7 Å². The Bertz CT molecular complexity index is 4760. The Morgan fingerprint density at radius 3 is 1.17 bits per heavy atom. The van der Waals surface area contributed by atoms with Gasteiger partial charge in [-0.05, 0) is 161 Å². The zero-order valence-corrected chi connectivity index (χ0v) is 59.4. The minimum absolute atomic E-state index is 0.598. The number of hydrogen-bond donors (Lipinski definition) is 0. The number of alkyl halides is 12. The number of aryl methyl sites for hydroxylation is 10. The Balaban J connectivity index is 0.000000125. The minimum atomic E-state index is -4.41. The number of rotatable bonds is 12. The lowest BCUT2D eigenvalue weighted by atomic mass is 10.1. The van der Waals surface area contributed by atoms with E-state index in [-0.39, 0.29) is 0 Å². The van der Waals surface area contributed by atoms with Gasteiger partial charge in [-0.3, -0.25) is 29.9 Å². The Morgan fingerprint density at radius 1 is 0.358 bits per heavy atom. The van der Waals surface area contributed by atoms with Crippen LogP contribution in [0.15, 0.2) is 129 Å². The van der Waals surface area contributed by atoms with E-state index >= 15 is 0 Å². The average molecular weight is 1470 g/mol. The third-order valence-electron chi connectivity index (χ3n) is 20.1. The van der Waals surface area contributed by atoms with Crippen molar-refractivity contribution in [3.8, 4) is 0 Å². The Labute approximate surface area is 603 Å². The monoisotopic (exact) mass is 1470 g/mol. The van der Waals surface area contributed by atoms with E-state index in [1.165, 1.54) is 111 Å². The molecule has 0 saturated heterocycles. The minimum Gasteiger partial charge on any atom is -0.344 e. The molecule has 0 spiro atoms. The lowest BCUT2D eigenvalue weighted by molar-refractivity contribution is -0.142. The number of pyridine rings is 7. The van der Waals surface area contributed by atoms with E-state index in [0.29, 0.717) is 51.9 Å². The Kier molecular flexibility index (Phi) is 21.5. The van der Waals surface area contributed by atoms with Crippen LogP contribution >= 0.6 is 0 Å². The molecule has 12 aromatic heterocycles. The van der Waals surface area contributed by atoms with E-state index in [2.05, 4.69) is 118 Å². The van der Waals surface area contributed by atoms with Crippen molar-refractivity contribution in [2.24, 2.45) is 0 Å². The van der Waals surface area contributed by atoms with Gasteiger partial charge in [-0.25, -0.2) is 15.0 Å². The molecule has 0 N–H and O–H groups in total. The molecular formula is C77H79F12N17. The van der Waals surface area contributed by atoms with Crippen molar-refractivity contribution in [3.63, 3.8) is 0 Å². The van der Waals surface area contributed by atoms with E-state index in [1.807, 2.05) is 44.6 Å². The average Bonchev–Trinajstić information content (AvgIpc) is 1.62. The normalized spacial score (nSPS) is 15.3. The second-order valence-corrected chi connectivity index (χ2v) is 27.8. The summed E-state index contributed by atoms with van der Waals surface area (Å²) in [4.78, 5) is 45.6. The Morgan fingerprint density at radius 2 is 0.736 bits per heavy atom. The first-order chi connectivity index (χ1) is 50.5. The standard InChI is InChI=1S/2C20H21F3N4.C19H19F3N4.C18H18F3N5/c1-13-3-5-17-19(25-13)15-12-26(2)9-8-16(15)27(17)10-7-14-4-6-18(24-11-14)20(21,22)23;1-13-9-15-16-12-26(2)7-6-17(16)27(19(15)25-10-13)8-5-14-3-4-18(24-11-14)20(21,22)23;1-25-8-6-17-15(12-25)14-11-23-7-4-16(14)26(17)9-5-13-2-3-18(24-10-13)19(20,21)22;1-25-6-5-15-14(10-25)13-9-22-11-24-17(13)26(15)7-4-12-2-3-16(23-8-12)18(19,20)21/h3-6,11H,7-10,12H2,1-2H3;3-4,9-11H,5-8,12H2,1-2H3;2-4,7,10-11H,5-6,8-9,12H2,1H3;2-3,8-9,11H,4-7,10H2,1H3. The zero-order chi connectivity index (χ0) is 75.0. The highest BCUT2D eigenvalue weighted by Crippen LogP contribution is 2.37. The van der Waals surface area contributed by atoms with Gasteiger partial charge in [0, 0.05) is 204 Å². The molecule has 16 rings (SSSR count). The van der Waals surface area contributed by atoms with Gasteiger partial charge >= 0.3 is 24.7 Å². The van der Waals surface area contributed by atoms with Crippen LogP contribution in [-0.2, 0) is 128 Å². The molecule has 0 aromatic carbocycles. The van der Waals surface area contributed by atoms with Gasteiger partial charge in [0.1, 0.15) is 40.4 Å². The molecule has 556 valence electrons. The molecule has 0 atom stereocenters. The topological polar surface area (TPSA) is 149 Å². The van der Waals surface area contributed by atoms with Crippen LogP contribution in [0.25, 0.3) is 44.0 Å². The van der Waals surface area contributed by atoms with Crippen molar-refractivity contribution in [1.29, 1.82) is 0 Å². The number of aromatic nitrogens is 13. The first-order valence-corrected chi connectivity index (χ1v) is 35.0. The molecule has 0 aliphatic carbocycles. The van der Waals surface area contributed by atoms with Gasteiger partial charge in [0.15, 0.2) is 0 Å². The van der Waals surface area contributed by atoms with Gasteiger partial charge in [0.2, 0.25) is 0 Å². The molecule has 12 aromatic rings. The van der Waals surface area contributed by atoms with E-state index in [4.69, 9.17) is 4.98 Å². The smallest absolute Gasteiger partial charge is 0.344 e. The van der Waals surface area contributed by atoms with Gasteiger partial charge in [0.05, 0.1) is 16.6 Å². The summed E-state index contributed by atoms with van der Waals surface area (Å²) in [7, 11) is 8.42. The van der Waals surface area contributed by atoms with Crippen LogP contribution in [0.4, 0.5) is 52.7 Å². The van der Waals surface area contributed by atoms with Crippen molar-refractivity contribution < 1.29 is 52.7 Å². The van der Waals surface area contributed by atoms with Crippen molar-refractivity contribution in [2.75, 3.05) is 54.4 Å². The van der Waals surface area contributed by atoms with Crippen molar-refractivity contribution in [3.05, 3.63) is 230 Å². The molecular weight excluding hydrogens is 1390 g/mol. The van der Waals surface area contributed by atoms with Gasteiger partial charge < -0.3 is 37.9 Å². The number of likely N-dealkylation sites (N-methyl/N-ethyl adjacent to an activating group) is 4. The van der Waals surface area contributed by atoms with Crippen molar-refractivity contribution in [2.45, 2.75) is 142 Å². The van der Waals surface area contributed by atoms with Crippen LogP contribution < -0.4 is 0 Å². The summed E-state index contributed by atoms with van der Waals surface area (Å²) >= 11 is 0. The number of halogens is 12. The van der Waals surface area contributed by atoms with E-state index in [1.54, 1.807) is 6.20 Å². The maximum absolute atomic E-state index is 12.7. The second-order valence-electron chi connectivity index (χ2n) is 27.8. The van der Waals surface area contributed by atoms with Crippen molar-refractivity contribution >= 4 is 44.0 Å². The number of fused-ring (bicyclic) bond motifs is 12. The van der Waals surface area contributed by atoms with Crippen LogP contribution in [0.2, 0.25) is 0 Å². The summed E-state index contributed by atoms with van der Waals surface area (Å²) in [5.74, 6) is 0. The number of nitrogens with zero attached hydrogens (tertiary/aromatic N) is 17. The molecule has 0 unspecified atom stereocenters. The van der Waals surface area contributed by atoms with Crippen molar-refractivity contribution in [1.82, 2.24) is 82.7 Å². The van der Waals surface area contributed by atoms with E-state index in [9.17, 15) is 52.7 Å². The van der Waals surface area contributed by atoms with Crippen LogP contribution in [0.3, 0.4) is 0 Å². The highest BCUT2D eigenvalue weighted by molar-refractivity contribution is 5.86. The first kappa shape index (κ1) is 74.6. The Hall–Kier alpha value is -9.71. The van der Waals surface area contributed by atoms with Crippen LogP contribution in [-0.4, -0.2) is 137 Å². The molecule has 29 heteroatoms. The van der Waals surface area contributed by atoms with Gasteiger partial charge in [0.25, 0.3) is 0 Å². The molecule has 4 aliphatic rings. The maximum Gasteiger partial charge on any atom is 0.433 e. The van der Waals surface area contributed by atoms with Crippen LogP contribution in [0.1, 0.15) is 101 Å². The van der Waals surface area contributed by atoms with E-state index < -0.39 is 47.5 Å². The molecule has 16 heterocycles. The highest BCUT2D eigenvalue weighted by Gasteiger charge is 2.36. The predicted molar refractivity (Wildman–Crippen MR) is 378 cm³/mol. The third-order valence-corrected chi connectivity index (χ3v) is 20.1. The predicted octanol–water partition coefficient (Wildman–Crippen LogP) is 14.7. The zero-order valence-electron chi connectivity index (χ0n) is 59.4. The third kappa shape index (κ3) is 16.6. The first-order valence-electron chi connectivity index (χ1n) is 35.0. The molecule has 0 amide bonds. The van der Waals surface area contributed by atoms with E-state index in [0.717, 1.165) is 169 Å². The summed E-state index contributed by atoms with van der Waals surface area (Å²) in [5.41, 5.74) is 17.3. The molecule has 106 heavy (non-hydrogen) atoms. The van der Waals surface area contributed by atoms with Crippen LogP contribution in [0.5, 0.6) is 0 Å². The van der Waals surface area contributed by atoms with Gasteiger partial charge in [-0.15, -0.1) is 0 Å². The summed E-state index contributed by atoms with van der Waals surface area (Å²) in [6, 6.07) is 18.5. The van der Waals surface area contributed by atoms with Crippen LogP contribution in [0, 0.1) is 13.8 Å². The fourth-order valence-electron chi connectivity index (χ4n) is 14.7. The quantitative estimate of drug-likeness (QED) is 0.107. The molecule has 0 bridgehead atoms. The largest absolute Gasteiger partial charge is 0.433 e. The lowest BCUT2D eigenvalue weighted by Gasteiger charge is -2.24. The molecule has 0 saturated carbocycles. The summed E-state index contributed by atoms with van der Waals surface area (Å²) in [6.07, 6.45) is 2.91. The fraction of sp³-hybridized carbons (Fsp3) is 0.390. The molecule has 4 aliphatic heterocycles. The highest BCUT2D eigenvalue weighted by atomic mass is 19.4. The lowest BCUT2D eigenvalue weighted by Crippen LogP contribution is -2.27. The molecule has 0 radical (unpaired) electrons. The molecule has 0 fully saturated rings. The number of hydrogen-bond acceptors (Lipinski definition) is 13. The summed E-state index contributed by atoms with van der Waals surface area (Å²) in [5, 5.41) is 3.40. The SMILES string of the molecule is CN1CCc2c(c3cnccc3n2CCc2ccc(C(F)(F)F)nc2)C1.CN1CCc2c(c3cncnc3n2CCc2ccc(C(F)(F)F)nc2)C1.Cc1ccc2c(n1)c1c(n2CCc2ccc(C(F)(F)F)nc2)CCN(C)C1.Cc1cnc2c(c1)c1c(n2CCc2ccc(C(F)(F)F)nc2)CCN(C)C1. The van der Waals surface area contributed by atoms with Gasteiger partial charge in [-0.1, -0.05) is 24.3 Å². The summed E-state index contributed by atoms with van der Waals surface area (Å²) in [6.45, 7) is 14.2. The second kappa shape index (κ2) is 30.6. The fourth-order valence-corrected chi connectivity index (χ4v) is 14.7. The maximum atomic E-state index is 12.7. The summed E-state index contributed by atoms with van der Waals surface area (Å²) < 4.78 is 161.